The third kappa shape index (κ3) is 5.50. The number of carbonyl (C=O) groups excluding carboxylic acids is 1. The van der Waals surface area contributed by atoms with Crippen LogP contribution in [-0.4, -0.2) is 55.0 Å². The molecule has 17 heavy (non-hydrogen) atoms. The molecule has 1 aliphatic rings. The molecule has 4 heteroatoms. The molecular formula is C13H27N3O. The summed E-state index contributed by atoms with van der Waals surface area (Å²) < 4.78 is 0. The second-order valence-electron chi connectivity index (χ2n) is 5.42. The molecule has 0 bridgehead atoms. The molecule has 0 aromatic carbocycles. The first kappa shape index (κ1) is 14.5. The van der Waals surface area contributed by atoms with Crippen LogP contribution in [0.5, 0.6) is 0 Å². The van der Waals surface area contributed by atoms with Gasteiger partial charge >= 0.3 is 0 Å². The van der Waals surface area contributed by atoms with Gasteiger partial charge in [-0.15, -0.1) is 0 Å². The van der Waals surface area contributed by atoms with Gasteiger partial charge in [-0.3, -0.25) is 9.69 Å². The molecule has 100 valence electrons. The summed E-state index contributed by atoms with van der Waals surface area (Å²) in [7, 11) is 1.87. The van der Waals surface area contributed by atoms with Gasteiger partial charge in [-0.1, -0.05) is 0 Å². The van der Waals surface area contributed by atoms with Gasteiger partial charge in [-0.2, -0.15) is 0 Å². The molecule has 0 aromatic rings. The number of hydrogen-bond donors (Lipinski definition) is 1. The van der Waals surface area contributed by atoms with E-state index in [9.17, 15) is 4.79 Å². The van der Waals surface area contributed by atoms with Crippen molar-refractivity contribution < 1.29 is 4.79 Å². The minimum Gasteiger partial charge on any atom is -0.345 e. The van der Waals surface area contributed by atoms with E-state index < -0.39 is 0 Å². The highest BCUT2D eigenvalue weighted by Gasteiger charge is 2.26. The molecule has 2 N–H and O–H groups in total. The maximum absolute atomic E-state index is 12.0. The highest BCUT2D eigenvalue weighted by Crippen LogP contribution is 2.30. The quantitative estimate of drug-likeness (QED) is 0.687. The number of nitrogens with two attached hydrogens (primary N) is 1. The molecular weight excluding hydrogens is 214 g/mol. The van der Waals surface area contributed by atoms with E-state index in [1.165, 1.54) is 12.8 Å². The fraction of sp³-hybridized carbons (Fsp3) is 0.923. The van der Waals surface area contributed by atoms with Gasteiger partial charge in [0.15, 0.2) is 0 Å². The fourth-order valence-corrected chi connectivity index (χ4v) is 1.84. The van der Waals surface area contributed by atoms with Crippen molar-refractivity contribution in [3.8, 4) is 0 Å². The van der Waals surface area contributed by atoms with Gasteiger partial charge in [0.1, 0.15) is 0 Å². The topological polar surface area (TPSA) is 49.6 Å². The summed E-state index contributed by atoms with van der Waals surface area (Å²) in [6.07, 6.45) is 3.55. The summed E-state index contributed by atoms with van der Waals surface area (Å²) in [6, 6.07) is 0.447. The molecule has 1 amide bonds. The Bertz CT molecular complexity index is 239. The van der Waals surface area contributed by atoms with E-state index in [-0.39, 0.29) is 5.91 Å². The monoisotopic (exact) mass is 241 g/mol. The van der Waals surface area contributed by atoms with Crippen molar-refractivity contribution >= 4 is 5.91 Å². The maximum atomic E-state index is 12.0. The van der Waals surface area contributed by atoms with E-state index in [1.807, 2.05) is 7.05 Å². The van der Waals surface area contributed by atoms with E-state index in [0.717, 1.165) is 25.4 Å². The maximum Gasteiger partial charge on any atom is 0.236 e. The lowest BCUT2D eigenvalue weighted by atomic mass is 10.2. The van der Waals surface area contributed by atoms with Gasteiger partial charge in [0, 0.05) is 26.2 Å². The third-order valence-corrected chi connectivity index (χ3v) is 3.38. The van der Waals surface area contributed by atoms with E-state index in [4.69, 9.17) is 5.73 Å². The van der Waals surface area contributed by atoms with Crippen LogP contribution in [0.15, 0.2) is 0 Å². The smallest absolute Gasteiger partial charge is 0.236 e. The van der Waals surface area contributed by atoms with Gasteiger partial charge in [0.2, 0.25) is 5.91 Å². The lowest BCUT2D eigenvalue weighted by molar-refractivity contribution is -0.131. The lowest BCUT2D eigenvalue weighted by Crippen LogP contribution is -2.43. The third-order valence-electron chi connectivity index (χ3n) is 3.38. The fourth-order valence-electron chi connectivity index (χ4n) is 1.84. The van der Waals surface area contributed by atoms with Crippen LogP contribution in [0.25, 0.3) is 0 Å². The summed E-state index contributed by atoms with van der Waals surface area (Å²) >= 11 is 0. The summed E-state index contributed by atoms with van der Waals surface area (Å²) in [5.41, 5.74) is 5.45. The zero-order valence-electron chi connectivity index (χ0n) is 11.5. The SMILES string of the molecule is CC(C)N(CC(=O)N(C)CCCN)CC1CC1. The zero-order valence-corrected chi connectivity index (χ0v) is 11.5. The summed E-state index contributed by atoms with van der Waals surface area (Å²) in [5, 5.41) is 0. The van der Waals surface area contributed by atoms with Gasteiger partial charge < -0.3 is 10.6 Å². The Morgan fingerprint density at radius 3 is 2.53 bits per heavy atom. The Kier molecular flexibility index (Phi) is 5.92. The van der Waals surface area contributed by atoms with Crippen LogP contribution in [0, 0.1) is 5.92 Å². The van der Waals surface area contributed by atoms with Gasteiger partial charge in [0.05, 0.1) is 6.54 Å². The molecule has 0 unspecified atom stereocenters. The van der Waals surface area contributed by atoms with Crippen LogP contribution in [0.4, 0.5) is 0 Å². The van der Waals surface area contributed by atoms with Crippen LogP contribution < -0.4 is 5.73 Å². The molecule has 0 radical (unpaired) electrons. The van der Waals surface area contributed by atoms with Crippen LogP contribution >= 0.6 is 0 Å². The lowest BCUT2D eigenvalue weighted by Gasteiger charge is -2.28. The largest absolute Gasteiger partial charge is 0.345 e. The number of carbonyl (C=O) groups is 1. The molecule has 1 aliphatic carbocycles. The number of hydrogen-bond acceptors (Lipinski definition) is 3. The predicted molar refractivity (Wildman–Crippen MR) is 70.7 cm³/mol. The highest BCUT2D eigenvalue weighted by atomic mass is 16.2. The second-order valence-corrected chi connectivity index (χ2v) is 5.42. The van der Waals surface area contributed by atoms with Crippen LogP contribution in [0.2, 0.25) is 0 Å². The van der Waals surface area contributed by atoms with Crippen LogP contribution in [0.3, 0.4) is 0 Å². The molecule has 1 saturated carbocycles. The Labute approximate surface area is 105 Å². The number of likely N-dealkylation sites (N-methyl/N-ethyl adjacent to an activating group) is 1. The summed E-state index contributed by atoms with van der Waals surface area (Å²) in [4.78, 5) is 16.1. The van der Waals surface area contributed by atoms with Crippen molar-refractivity contribution in [2.75, 3.05) is 33.2 Å². The van der Waals surface area contributed by atoms with Crippen molar-refractivity contribution in [3.05, 3.63) is 0 Å². The van der Waals surface area contributed by atoms with E-state index >= 15 is 0 Å². The number of nitrogens with zero attached hydrogens (tertiary/aromatic N) is 2. The standard InChI is InChI=1S/C13H27N3O/c1-11(2)16(9-12-5-6-12)10-13(17)15(3)8-4-7-14/h11-12H,4-10,14H2,1-3H3. The van der Waals surface area contributed by atoms with Crippen molar-refractivity contribution in [1.82, 2.24) is 9.80 Å². The normalized spacial score (nSPS) is 15.6. The van der Waals surface area contributed by atoms with Crippen molar-refractivity contribution in [2.24, 2.45) is 11.7 Å². The molecule has 0 aliphatic heterocycles. The molecule has 0 heterocycles. The molecule has 1 fully saturated rings. The molecule has 0 aromatic heterocycles. The minimum absolute atomic E-state index is 0.216. The minimum atomic E-state index is 0.216. The van der Waals surface area contributed by atoms with Gasteiger partial charge in [-0.25, -0.2) is 0 Å². The average molecular weight is 241 g/mol. The first-order valence-electron chi connectivity index (χ1n) is 6.72. The summed E-state index contributed by atoms with van der Waals surface area (Å²) in [6.45, 7) is 7.37. The van der Waals surface area contributed by atoms with Crippen LogP contribution in [-0.2, 0) is 4.79 Å². The van der Waals surface area contributed by atoms with E-state index in [0.29, 0.717) is 19.1 Å². The second kappa shape index (κ2) is 6.97. The zero-order chi connectivity index (χ0) is 12.8. The van der Waals surface area contributed by atoms with Crippen molar-refractivity contribution in [3.63, 3.8) is 0 Å². The first-order chi connectivity index (χ1) is 8.04. The molecule has 0 atom stereocenters. The summed E-state index contributed by atoms with van der Waals surface area (Å²) in [5.74, 6) is 1.05. The highest BCUT2D eigenvalue weighted by molar-refractivity contribution is 5.78. The molecule has 0 saturated heterocycles. The number of rotatable bonds is 8. The van der Waals surface area contributed by atoms with E-state index in [1.54, 1.807) is 4.90 Å². The van der Waals surface area contributed by atoms with Crippen molar-refractivity contribution in [1.29, 1.82) is 0 Å². The Morgan fingerprint density at radius 1 is 1.41 bits per heavy atom. The average Bonchev–Trinajstić information content (AvgIpc) is 3.08. The van der Waals surface area contributed by atoms with Gasteiger partial charge in [0.25, 0.3) is 0 Å². The molecule has 0 spiro atoms. The number of amides is 1. The first-order valence-corrected chi connectivity index (χ1v) is 6.72. The van der Waals surface area contributed by atoms with Crippen LogP contribution in [0.1, 0.15) is 33.1 Å². The Morgan fingerprint density at radius 2 is 2.06 bits per heavy atom. The Balaban J connectivity index is 2.33. The van der Waals surface area contributed by atoms with Crippen molar-refractivity contribution in [2.45, 2.75) is 39.2 Å². The van der Waals surface area contributed by atoms with Gasteiger partial charge in [-0.05, 0) is 45.6 Å². The molecule has 1 rings (SSSR count). The Hall–Kier alpha value is -0.610. The van der Waals surface area contributed by atoms with E-state index in [2.05, 4.69) is 18.7 Å². The predicted octanol–water partition coefficient (Wildman–Crippen LogP) is 0.914. The molecule has 4 nitrogen and oxygen atoms in total.